The maximum absolute atomic E-state index is 13.9. The lowest BCUT2D eigenvalue weighted by Crippen LogP contribution is -2.57. The number of anilines is 1. The van der Waals surface area contributed by atoms with Crippen molar-refractivity contribution in [3.8, 4) is 0 Å². The monoisotopic (exact) mass is 577 g/mol. The minimum absolute atomic E-state index is 0.109. The molecule has 1 aliphatic heterocycles. The van der Waals surface area contributed by atoms with Crippen LogP contribution >= 0.6 is 0 Å². The summed E-state index contributed by atoms with van der Waals surface area (Å²) in [6, 6.07) is 48.4. The maximum Gasteiger partial charge on any atom is 0.230 e. The fourth-order valence-corrected chi connectivity index (χ4v) is 7.69. The molecule has 44 heavy (non-hydrogen) atoms. The molecule has 6 rings (SSSR count). The zero-order valence-corrected chi connectivity index (χ0v) is 26.8. The SMILES string of the molecule is Cc1ccc([C@]2(C)CC(C)(C)N(C(=O)C(C)C)c3ccc(C(c4ccccc4)(c4ccccc4)c4ccccc4)cc32)cc1. The van der Waals surface area contributed by atoms with E-state index in [9.17, 15) is 4.79 Å². The van der Waals surface area contributed by atoms with E-state index in [1.54, 1.807) is 0 Å². The van der Waals surface area contributed by atoms with Crippen molar-refractivity contribution >= 4 is 11.6 Å². The fourth-order valence-electron chi connectivity index (χ4n) is 7.69. The molecule has 1 heterocycles. The molecule has 2 nitrogen and oxygen atoms in total. The molecule has 1 atom stereocenters. The van der Waals surface area contributed by atoms with Crippen LogP contribution in [0.25, 0.3) is 0 Å². The van der Waals surface area contributed by atoms with Gasteiger partial charge in [0.1, 0.15) is 0 Å². The van der Waals surface area contributed by atoms with Crippen molar-refractivity contribution in [2.75, 3.05) is 4.90 Å². The third-order valence-corrected chi connectivity index (χ3v) is 9.68. The van der Waals surface area contributed by atoms with E-state index in [0.29, 0.717) is 0 Å². The number of aryl methyl sites for hydroxylation is 1. The Morgan fingerprint density at radius 1 is 0.659 bits per heavy atom. The Hall–Kier alpha value is -4.43. The lowest BCUT2D eigenvalue weighted by molar-refractivity contribution is -0.122. The zero-order chi connectivity index (χ0) is 31.1. The van der Waals surface area contributed by atoms with Crippen molar-refractivity contribution in [1.29, 1.82) is 0 Å². The Kier molecular flexibility index (Phi) is 7.58. The zero-order valence-electron chi connectivity index (χ0n) is 26.8. The van der Waals surface area contributed by atoms with Gasteiger partial charge in [-0.25, -0.2) is 0 Å². The molecule has 0 radical (unpaired) electrons. The Bertz CT molecular complexity index is 1660. The number of carbonyl (C=O) groups excluding carboxylic acids is 1. The first-order valence-electron chi connectivity index (χ1n) is 15.8. The average Bonchev–Trinajstić information content (AvgIpc) is 3.03. The average molecular weight is 578 g/mol. The Morgan fingerprint density at radius 2 is 1.14 bits per heavy atom. The van der Waals surface area contributed by atoms with Crippen molar-refractivity contribution in [3.05, 3.63) is 172 Å². The topological polar surface area (TPSA) is 20.3 Å². The minimum Gasteiger partial charge on any atom is -0.306 e. The third kappa shape index (κ3) is 4.78. The number of carbonyl (C=O) groups is 1. The summed E-state index contributed by atoms with van der Waals surface area (Å²) in [6.45, 7) is 13.0. The first-order valence-corrected chi connectivity index (χ1v) is 15.8. The Labute approximate surface area is 263 Å². The van der Waals surface area contributed by atoms with Crippen molar-refractivity contribution in [2.45, 2.75) is 64.3 Å². The summed E-state index contributed by atoms with van der Waals surface area (Å²) < 4.78 is 0. The van der Waals surface area contributed by atoms with Crippen LogP contribution in [-0.4, -0.2) is 11.4 Å². The minimum atomic E-state index is -0.563. The van der Waals surface area contributed by atoms with E-state index in [2.05, 4.69) is 166 Å². The van der Waals surface area contributed by atoms with E-state index < -0.39 is 5.41 Å². The second kappa shape index (κ2) is 11.2. The van der Waals surface area contributed by atoms with Crippen LogP contribution in [0.2, 0.25) is 0 Å². The first-order chi connectivity index (χ1) is 21.1. The molecule has 0 bridgehead atoms. The molecule has 0 fully saturated rings. The number of nitrogens with zero attached hydrogens (tertiary/aromatic N) is 1. The number of hydrogen-bond acceptors (Lipinski definition) is 1. The van der Waals surface area contributed by atoms with E-state index in [1.807, 2.05) is 13.8 Å². The maximum atomic E-state index is 13.9. The summed E-state index contributed by atoms with van der Waals surface area (Å²) in [4.78, 5) is 16.0. The molecule has 0 N–H and O–H groups in total. The molecule has 5 aromatic carbocycles. The van der Waals surface area contributed by atoms with Crippen LogP contribution in [-0.2, 0) is 15.6 Å². The van der Waals surface area contributed by atoms with Gasteiger partial charge in [-0.2, -0.15) is 0 Å². The molecular weight excluding hydrogens is 534 g/mol. The van der Waals surface area contributed by atoms with Gasteiger partial charge in [0.2, 0.25) is 5.91 Å². The molecule has 0 saturated heterocycles. The highest BCUT2D eigenvalue weighted by Crippen LogP contribution is 2.53. The lowest BCUT2D eigenvalue weighted by Gasteiger charge is -2.52. The van der Waals surface area contributed by atoms with Gasteiger partial charge in [0.25, 0.3) is 0 Å². The third-order valence-electron chi connectivity index (χ3n) is 9.68. The lowest BCUT2D eigenvalue weighted by atomic mass is 9.61. The quantitative estimate of drug-likeness (QED) is 0.184. The van der Waals surface area contributed by atoms with Gasteiger partial charge in [-0.3, -0.25) is 4.79 Å². The summed E-state index contributed by atoms with van der Waals surface area (Å²) >= 11 is 0. The van der Waals surface area contributed by atoms with Crippen LogP contribution in [0.5, 0.6) is 0 Å². The fraction of sp³-hybridized carbons (Fsp3) is 0.262. The van der Waals surface area contributed by atoms with Gasteiger partial charge in [0.15, 0.2) is 0 Å². The highest BCUT2D eigenvalue weighted by atomic mass is 16.2. The smallest absolute Gasteiger partial charge is 0.230 e. The summed E-state index contributed by atoms with van der Waals surface area (Å²) in [5.41, 5.74) is 8.29. The molecule has 0 spiro atoms. The number of rotatable bonds is 6. The van der Waals surface area contributed by atoms with E-state index in [4.69, 9.17) is 0 Å². The van der Waals surface area contributed by atoms with Crippen LogP contribution < -0.4 is 4.90 Å². The second-order valence-electron chi connectivity index (χ2n) is 13.6. The van der Waals surface area contributed by atoms with Gasteiger partial charge in [-0.05, 0) is 66.6 Å². The van der Waals surface area contributed by atoms with Gasteiger partial charge in [-0.1, -0.05) is 154 Å². The molecule has 0 aromatic heterocycles. The van der Waals surface area contributed by atoms with Crippen LogP contribution in [0.15, 0.2) is 133 Å². The normalized spacial score (nSPS) is 17.8. The van der Waals surface area contributed by atoms with Crippen LogP contribution in [0, 0.1) is 12.8 Å². The number of hydrogen-bond donors (Lipinski definition) is 0. The van der Waals surface area contributed by atoms with Crippen LogP contribution in [0.4, 0.5) is 5.69 Å². The molecule has 1 amide bonds. The van der Waals surface area contributed by atoms with E-state index in [-0.39, 0.29) is 22.8 Å². The predicted molar refractivity (Wildman–Crippen MR) is 183 cm³/mol. The van der Waals surface area contributed by atoms with Crippen molar-refractivity contribution in [1.82, 2.24) is 0 Å². The van der Waals surface area contributed by atoms with Crippen LogP contribution in [0.3, 0.4) is 0 Å². The molecule has 0 aliphatic carbocycles. The first kappa shape index (κ1) is 29.6. The summed E-state index contributed by atoms with van der Waals surface area (Å²) in [5, 5.41) is 0. The van der Waals surface area contributed by atoms with Gasteiger partial charge in [0.05, 0.1) is 5.41 Å². The summed E-state index contributed by atoms with van der Waals surface area (Å²) in [5.74, 6) is 0.0537. The van der Waals surface area contributed by atoms with E-state index in [1.165, 1.54) is 38.9 Å². The predicted octanol–water partition coefficient (Wildman–Crippen LogP) is 9.86. The summed E-state index contributed by atoms with van der Waals surface area (Å²) in [6.07, 6.45) is 0.812. The number of benzene rings is 5. The van der Waals surface area contributed by atoms with E-state index in [0.717, 1.165) is 12.1 Å². The molecule has 0 saturated carbocycles. The van der Waals surface area contributed by atoms with Crippen molar-refractivity contribution in [2.24, 2.45) is 5.92 Å². The molecule has 1 aliphatic rings. The molecular formula is C42H43NO. The van der Waals surface area contributed by atoms with Gasteiger partial charge in [0, 0.05) is 22.6 Å². The summed E-state index contributed by atoms with van der Waals surface area (Å²) in [7, 11) is 0. The van der Waals surface area contributed by atoms with Gasteiger partial charge >= 0.3 is 0 Å². The van der Waals surface area contributed by atoms with Gasteiger partial charge < -0.3 is 4.90 Å². The second-order valence-corrected chi connectivity index (χ2v) is 13.6. The highest BCUT2D eigenvalue weighted by Gasteiger charge is 2.49. The van der Waals surface area contributed by atoms with Crippen molar-refractivity contribution in [3.63, 3.8) is 0 Å². The van der Waals surface area contributed by atoms with E-state index >= 15 is 0 Å². The van der Waals surface area contributed by atoms with Gasteiger partial charge in [-0.15, -0.1) is 0 Å². The highest BCUT2D eigenvalue weighted by molar-refractivity contribution is 5.98. The Balaban J connectivity index is 1.72. The molecule has 0 unspecified atom stereocenters. The number of fused-ring (bicyclic) bond motifs is 1. The number of amides is 1. The molecule has 5 aromatic rings. The molecule has 222 valence electrons. The Morgan fingerprint density at radius 3 is 1.59 bits per heavy atom. The molecule has 2 heteroatoms. The standard InChI is InChI=1S/C42H43NO/c1-30(2)39(44)43-38-27-26-36(28-37(38)41(6,29-40(43,4)5)32-24-22-31(3)23-25-32)42(33-16-10-7-11-17-33,34-18-12-8-13-19-34)35-20-14-9-15-21-35/h7-28,30H,29H2,1-6H3/t41-/m0/s1. The van der Waals surface area contributed by atoms with Crippen LogP contribution in [0.1, 0.15) is 80.0 Å². The van der Waals surface area contributed by atoms with Crippen molar-refractivity contribution < 1.29 is 4.79 Å². The largest absolute Gasteiger partial charge is 0.306 e.